The highest BCUT2D eigenvalue weighted by atomic mass is 16.4. The fourth-order valence-corrected chi connectivity index (χ4v) is 3.77. The summed E-state index contributed by atoms with van der Waals surface area (Å²) in [6.45, 7) is 2.16. The van der Waals surface area contributed by atoms with Crippen molar-refractivity contribution in [2.24, 2.45) is 11.1 Å². The Labute approximate surface area is 131 Å². The molecule has 0 saturated carbocycles. The Morgan fingerprint density at radius 2 is 1.50 bits per heavy atom. The molecule has 0 aromatic heterocycles. The second-order valence-electron chi connectivity index (χ2n) is 6.18. The van der Waals surface area contributed by atoms with Crippen LogP contribution >= 0.6 is 0 Å². The topological polar surface area (TPSA) is 37.0 Å². The van der Waals surface area contributed by atoms with E-state index in [4.69, 9.17) is 0 Å². The Bertz CT molecular complexity index is 639. The molecule has 0 aliphatic carbocycles. The first-order chi connectivity index (χ1) is 10.7. The summed E-state index contributed by atoms with van der Waals surface area (Å²) in [5, 5.41) is 13.1. The smallest absolute Gasteiger partial charge is 0.121 e. The van der Waals surface area contributed by atoms with E-state index in [1.54, 1.807) is 0 Å². The van der Waals surface area contributed by atoms with E-state index < -0.39 is 0 Å². The zero-order valence-electron chi connectivity index (χ0n) is 13.1. The second kappa shape index (κ2) is 6.32. The largest absolute Gasteiger partial charge is 0.411 e. The zero-order chi connectivity index (χ0) is 15.5. The molecule has 0 amide bonds. The maximum atomic E-state index is 9.46. The summed E-state index contributed by atoms with van der Waals surface area (Å²) < 4.78 is 0. The Morgan fingerprint density at radius 3 is 2.05 bits per heavy atom. The van der Waals surface area contributed by atoms with Crippen molar-refractivity contribution in [3.63, 3.8) is 0 Å². The van der Waals surface area contributed by atoms with Crippen molar-refractivity contribution in [2.45, 2.75) is 25.4 Å². The number of rotatable bonds is 2. The van der Waals surface area contributed by atoms with E-state index in [2.05, 4.69) is 67.7 Å². The third-order valence-electron chi connectivity index (χ3n) is 4.97. The Morgan fingerprint density at radius 1 is 0.955 bits per heavy atom. The molecule has 2 N–H and O–H groups in total. The lowest BCUT2D eigenvalue weighted by molar-refractivity contribution is -0.948. The van der Waals surface area contributed by atoms with Gasteiger partial charge in [0.15, 0.2) is 0 Å². The number of hydrogen-bond acceptors (Lipinski definition) is 2. The Balaban J connectivity index is 2.01. The molecule has 22 heavy (non-hydrogen) atoms. The van der Waals surface area contributed by atoms with Gasteiger partial charge in [-0.15, -0.1) is 0 Å². The van der Waals surface area contributed by atoms with Crippen LogP contribution in [0.15, 0.2) is 65.8 Å². The summed E-state index contributed by atoms with van der Waals surface area (Å²) in [4.78, 5) is 1.46. The van der Waals surface area contributed by atoms with Crippen LogP contribution in [-0.2, 0) is 0 Å². The van der Waals surface area contributed by atoms with Crippen LogP contribution in [0.3, 0.4) is 0 Å². The molecule has 1 aliphatic rings. The lowest BCUT2D eigenvalue weighted by atomic mass is 9.80. The minimum Gasteiger partial charge on any atom is -0.411 e. The molecule has 2 aromatic rings. The number of nitrogens with zero attached hydrogens (tertiary/aromatic N) is 1. The van der Waals surface area contributed by atoms with E-state index in [-0.39, 0.29) is 5.92 Å². The van der Waals surface area contributed by atoms with Crippen molar-refractivity contribution in [2.75, 3.05) is 7.05 Å². The van der Waals surface area contributed by atoms with Gasteiger partial charge < -0.3 is 10.1 Å². The summed E-state index contributed by atoms with van der Waals surface area (Å²) in [7, 11) is 2.25. The summed E-state index contributed by atoms with van der Waals surface area (Å²) in [6, 6.07) is 21.7. The minimum absolute atomic E-state index is 0.229. The van der Waals surface area contributed by atoms with Crippen LogP contribution in [0.1, 0.15) is 36.6 Å². The van der Waals surface area contributed by atoms with E-state index in [0.29, 0.717) is 12.1 Å². The average Bonchev–Trinajstić information content (AvgIpc) is 2.57. The average molecular weight is 295 g/mol. The van der Waals surface area contributed by atoms with Crippen molar-refractivity contribution in [3.05, 3.63) is 71.8 Å². The number of benzene rings is 2. The number of hydrogen-bond donors (Lipinski definition) is 2. The van der Waals surface area contributed by atoms with Gasteiger partial charge in [-0.1, -0.05) is 72.7 Å². The molecule has 0 radical (unpaired) electrons. The summed E-state index contributed by atoms with van der Waals surface area (Å²) >= 11 is 0. The van der Waals surface area contributed by atoms with Gasteiger partial charge in [-0.05, 0) is 0 Å². The van der Waals surface area contributed by atoms with Gasteiger partial charge in [0.25, 0.3) is 0 Å². The minimum atomic E-state index is 0.229. The molecule has 0 bridgehead atoms. The number of piperidine rings is 1. The van der Waals surface area contributed by atoms with Crippen LogP contribution in [0.2, 0.25) is 0 Å². The first-order valence-electron chi connectivity index (χ1n) is 7.86. The van der Waals surface area contributed by atoms with E-state index in [1.165, 1.54) is 16.0 Å². The number of quaternary nitrogens is 1. The number of nitrogens with one attached hydrogen (secondary N) is 1. The molecule has 1 unspecified atom stereocenters. The van der Waals surface area contributed by atoms with Crippen molar-refractivity contribution in [3.8, 4) is 0 Å². The SMILES string of the molecule is C[C@H]1C(=NO)C[C@@H](c2ccccc2)[NH+](C)[C@H]1c1ccccc1. The van der Waals surface area contributed by atoms with Crippen LogP contribution in [0.4, 0.5) is 0 Å². The summed E-state index contributed by atoms with van der Waals surface area (Å²) in [5.41, 5.74) is 3.50. The molecule has 1 saturated heterocycles. The van der Waals surface area contributed by atoms with Gasteiger partial charge in [0.1, 0.15) is 12.1 Å². The number of oxime groups is 1. The third-order valence-corrected chi connectivity index (χ3v) is 4.97. The van der Waals surface area contributed by atoms with E-state index in [9.17, 15) is 5.21 Å². The molecule has 1 heterocycles. The molecule has 3 heteroatoms. The quantitative estimate of drug-likeness (QED) is 0.649. The maximum Gasteiger partial charge on any atom is 0.121 e. The fraction of sp³-hybridized carbons (Fsp3) is 0.316. The van der Waals surface area contributed by atoms with Crippen molar-refractivity contribution in [1.29, 1.82) is 0 Å². The summed E-state index contributed by atoms with van der Waals surface area (Å²) in [6.07, 6.45) is 0.802. The molecule has 1 fully saturated rings. The van der Waals surface area contributed by atoms with Crippen molar-refractivity contribution in [1.82, 2.24) is 0 Å². The molecule has 0 spiro atoms. The van der Waals surface area contributed by atoms with Crippen LogP contribution in [0, 0.1) is 5.92 Å². The molecule has 1 aliphatic heterocycles. The van der Waals surface area contributed by atoms with Gasteiger partial charge in [0, 0.05) is 17.5 Å². The monoisotopic (exact) mass is 295 g/mol. The van der Waals surface area contributed by atoms with Crippen LogP contribution in [0.25, 0.3) is 0 Å². The second-order valence-corrected chi connectivity index (χ2v) is 6.18. The predicted octanol–water partition coefficient (Wildman–Crippen LogP) is 2.85. The zero-order valence-corrected chi connectivity index (χ0v) is 13.1. The van der Waals surface area contributed by atoms with Crippen LogP contribution < -0.4 is 4.90 Å². The Hall–Kier alpha value is -2.13. The van der Waals surface area contributed by atoms with Gasteiger partial charge in [-0.25, -0.2) is 0 Å². The highest BCUT2D eigenvalue weighted by Crippen LogP contribution is 2.30. The van der Waals surface area contributed by atoms with E-state index >= 15 is 0 Å². The van der Waals surface area contributed by atoms with Gasteiger partial charge >= 0.3 is 0 Å². The van der Waals surface area contributed by atoms with Gasteiger partial charge in [0.2, 0.25) is 0 Å². The van der Waals surface area contributed by atoms with E-state index in [1.807, 2.05) is 12.1 Å². The molecule has 114 valence electrons. The highest BCUT2D eigenvalue weighted by molar-refractivity contribution is 5.87. The van der Waals surface area contributed by atoms with Crippen molar-refractivity contribution < 1.29 is 10.1 Å². The Kier molecular flexibility index (Phi) is 4.25. The van der Waals surface area contributed by atoms with Crippen LogP contribution in [-0.4, -0.2) is 18.0 Å². The van der Waals surface area contributed by atoms with Crippen LogP contribution in [0.5, 0.6) is 0 Å². The van der Waals surface area contributed by atoms with Gasteiger partial charge in [-0.2, -0.15) is 0 Å². The molecular formula is C19H23N2O+. The van der Waals surface area contributed by atoms with Crippen molar-refractivity contribution >= 4 is 5.71 Å². The normalized spacial score (nSPS) is 30.4. The standard InChI is InChI=1S/C19H22N2O/c1-14-17(20-22)13-18(15-9-5-3-6-10-15)21(2)19(14)16-11-7-4-8-12-16/h3-12,14,18-19,22H,13H2,1-2H3/p+1/t14-,18-,19+/m0/s1. The summed E-state index contributed by atoms with van der Waals surface area (Å²) in [5.74, 6) is 0.229. The fourth-order valence-electron chi connectivity index (χ4n) is 3.77. The number of likely N-dealkylation sites (tertiary alicyclic amines) is 1. The predicted molar refractivity (Wildman–Crippen MR) is 88.3 cm³/mol. The first-order valence-corrected chi connectivity index (χ1v) is 7.86. The van der Waals surface area contributed by atoms with Gasteiger partial charge in [0.05, 0.1) is 18.7 Å². The van der Waals surface area contributed by atoms with Gasteiger partial charge in [-0.3, -0.25) is 0 Å². The molecule has 4 atom stereocenters. The molecule has 2 aromatic carbocycles. The first kappa shape index (κ1) is 14.8. The van der Waals surface area contributed by atoms with E-state index in [0.717, 1.165) is 12.1 Å². The molecule has 3 rings (SSSR count). The molecule has 3 nitrogen and oxygen atoms in total. The third kappa shape index (κ3) is 2.64. The lowest BCUT2D eigenvalue weighted by Gasteiger charge is -2.41. The lowest BCUT2D eigenvalue weighted by Crippen LogP contribution is -3.11. The maximum absolute atomic E-state index is 9.46. The molecular weight excluding hydrogens is 272 g/mol. The highest BCUT2D eigenvalue weighted by Gasteiger charge is 2.42.